The average Bonchev–Trinajstić information content (AvgIpc) is 2.60. The maximum absolute atomic E-state index is 12.8. The molecule has 0 saturated carbocycles. The van der Waals surface area contributed by atoms with Crippen molar-refractivity contribution in [1.29, 1.82) is 0 Å². The Labute approximate surface area is 143 Å². The summed E-state index contributed by atoms with van der Waals surface area (Å²) in [7, 11) is 0. The molecule has 1 atom stereocenters. The second kappa shape index (κ2) is 6.66. The molecule has 0 unspecified atom stereocenters. The van der Waals surface area contributed by atoms with Crippen LogP contribution in [-0.4, -0.2) is 18.7 Å². The van der Waals surface area contributed by atoms with Gasteiger partial charge in [0.1, 0.15) is 11.9 Å². The molecule has 4 nitrogen and oxygen atoms in total. The molecule has 7 heteroatoms. The first kappa shape index (κ1) is 17.1. The predicted molar refractivity (Wildman–Crippen MR) is 89.0 cm³/mol. The number of hydrogen-bond donors (Lipinski definition) is 1. The Balaban J connectivity index is 1.84. The molecule has 0 bridgehead atoms. The minimum absolute atomic E-state index is 0.0943. The smallest absolute Gasteiger partial charge is 0.416 e. The van der Waals surface area contributed by atoms with Crippen molar-refractivity contribution in [2.45, 2.75) is 25.6 Å². The van der Waals surface area contributed by atoms with Crippen LogP contribution in [0.4, 0.5) is 29.3 Å². The molecule has 132 valence electrons. The molecule has 1 heterocycles. The number of nitrogens with zero attached hydrogens (tertiary/aromatic N) is 1. The van der Waals surface area contributed by atoms with Crippen molar-refractivity contribution in [3.63, 3.8) is 0 Å². The number of nitrogens with one attached hydrogen (secondary N) is 1. The van der Waals surface area contributed by atoms with Crippen molar-refractivity contribution in [3.05, 3.63) is 54.1 Å². The van der Waals surface area contributed by atoms with Gasteiger partial charge in [0.05, 0.1) is 17.8 Å². The average molecular weight is 350 g/mol. The normalized spacial score (nSPS) is 16.8. The summed E-state index contributed by atoms with van der Waals surface area (Å²) in [6.07, 6.45) is -3.91. The highest BCUT2D eigenvalue weighted by atomic mass is 19.4. The van der Waals surface area contributed by atoms with Crippen LogP contribution in [0.5, 0.6) is 5.75 Å². The third-order valence-corrected chi connectivity index (χ3v) is 3.98. The molecule has 2 amide bonds. The quantitative estimate of drug-likeness (QED) is 0.836. The Morgan fingerprint density at radius 3 is 2.72 bits per heavy atom. The van der Waals surface area contributed by atoms with E-state index >= 15 is 0 Å². The van der Waals surface area contributed by atoms with Crippen LogP contribution in [0.3, 0.4) is 0 Å². The number of carbonyl (C=O) groups is 1. The van der Waals surface area contributed by atoms with Crippen LogP contribution in [0.15, 0.2) is 48.5 Å². The van der Waals surface area contributed by atoms with E-state index in [4.69, 9.17) is 4.74 Å². The zero-order valence-corrected chi connectivity index (χ0v) is 13.5. The van der Waals surface area contributed by atoms with Gasteiger partial charge < -0.3 is 10.1 Å². The molecule has 2 aromatic rings. The van der Waals surface area contributed by atoms with Crippen molar-refractivity contribution >= 4 is 17.4 Å². The molecule has 2 aromatic carbocycles. The van der Waals surface area contributed by atoms with E-state index in [1.807, 2.05) is 6.92 Å². The van der Waals surface area contributed by atoms with Crippen LogP contribution < -0.4 is 15.0 Å². The van der Waals surface area contributed by atoms with Gasteiger partial charge in [-0.25, -0.2) is 4.79 Å². The second-order valence-corrected chi connectivity index (χ2v) is 5.74. The number of hydrogen-bond acceptors (Lipinski definition) is 2. The van der Waals surface area contributed by atoms with Crippen molar-refractivity contribution in [1.82, 2.24) is 0 Å². The minimum atomic E-state index is -4.46. The SMILES string of the molecule is CC[C@@H]1CN(C(=O)Nc2cccc(C(F)(F)F)c2)c2ccccc2O1. The fourth-order valence-corrected chi connectivity index (χ4v) is 2.67. The number of alkyl halides is 3. The van der Waals surface area contributed by atoms with E-state index in [0.717, 1.165) is 12.1 Å². The van der Waals surface area contributed by atoms with Gasteiger partial charge in [-0.2, -0.15) is 13.2 Å². The van der Waals surface area contributed by atoms with E-state index in [2.05, 4.69) is 5.32 Å². The number of rotatable bonds is 2. The van der Waals surface area contributed by atoms with Crippen LogP contribution in [-0.2, 0) is 6.18 Å². The van der Waals surface area contributed by atoms with Gasteiger partial charge in [0.25, 0.3) is 0 Å². The first-order valence-corrected chi connectivity index (χ1v) is 7.90. The number of urea groups is 1. The highest BCUT2D eigenvalue weighted by Gasteiger charge is 2.31. The molecule has 0 spiro atoms. The molecule has 25 heavy (non-hydrogen) atoms. The molecule has 0 saturated heterocycles. The molecular weight excluding hydrogens is 333 g/mol. The molecular formula is C18H17F3N2O2. The Morgan fingerprint density at radius 1 is 1.24 bits per heavy atom. The van der Waals surface area contributed by atoms with Crippen molar-refractivity contribution in [3.8, 4) is 5.75 Å². The zero-order valence-electron chi connectivity index (χ0n) is 13.5. The van der Waals surface area contributed by atoms with E-state index in [1.165, 1.54) is 17.0 Å². The van der Waals surface area contributed by atoms with Crippen molar-refractivity contribution in [2.75, 3.05) is 16.8 Å². The first-order valence-electron chi connectivity index (χ1n) is 7.90. The summed E-state index contributed by atoms with van der Waals surface area (Å²) in [6.45, 7) is 2.28. The molecule has 0 aromatic heterocycles. The van der Waals surface area contributed by atoms with Crippen LogP contribution in [0, 0.1) is 0 Å². The predicted octanol–water partition coefficient (Wildman–Crippen LogP) is 4.91. The van der Waals surface area contributed by atoms with Crippen LogP contribution in [0.1, 0.15) is 18.9 Å². The summed E-state index contributed by atoms with van der Waals surface area (Å²) in [5, 5.41) is 2.54. The number of anilines is 2. The summed E-state index contributed by atoms with van der Waals surface area (Å²) in [5.41, 5.74) is -0.118. The Morgan fingerprint density at radius 2 is 2.00 bits per heavy atom. The molecule has 1 aliphatic heterocycles. The molecule has 1 aliphatic rings. The van der Waals surface area contributed by atoms with Crippen LogP contribution in [0.25, 0.3) is 0 Å². The van der Waals surface area contributed by atoms with Gasteiger partial charge in [-0.3, -0.25) is 4.90 Å². The monoisotopic (exact) mass is 350 g/mol. The number of ether oxygens (including phenoxy) is 1. The van der Waals surface area contributed by atoms with Gasteiger partial charge in [0.2, 0.25) is 0 Å². The molecule has 0 aliphatic carbocycles. The fraction of sp³-hybridized carbons (Fsp3) is 0.278. The van der Waals surface area contributed by atoms with E-state index in [9.17, 15) is 18.0 Å². The molecule has 3 rings (SSSR count). The second-order valence-electron chi connectivity index (χ2n) is 5.74. The first-order chi connectivity index (χ1) is 11.9. The number of fused-ring (bicyclic) bond motifs is 1. The van der Waals surface area contributed by atoms with Gasteiger partial charge in [0, 0.05) is 5.69 Å². The molecule has 0 fully saturated rings. The standard InChI is InChI=1S/C18H17F3N2O2/c1-2-14-11-23(15-8-3-4-9-16(15)25-14)17(24)22-13-7-5-6-12(10-13)18(19,20)21/h3-10,14H,2,11H2,1H3,(H,22,24)/t14-/m1/s1. The van der Waals surface area contributed by atoms with Crippen LogP contribution in [0.2, 0.25) is 0 Å². The van der Waals surface area contributed by atoms with Gasteiger partial charge in [-0.15, -0.1) is 0 Å². The van der Waals surface area contributed by atoms with Gasteiger partial charge in [-0.1, -0.05) is 25.1 Å². The Bertz CT molecular complexity index is 777. The maximum atomic E-state index is 12.8. The summed E-state index contributed by atoms with van der Waals surface area (Å²) < 4.78 is 44.2. The highest BCUT2D eigenvalue weighted by Crippen LogP contribution is 2.35. The third kappa shape index (κ3) is 3.70. The summed E-state index contributed by atoms with van der Waals surface area (Å²) in [4.78, 5) is 14.1. The van der Waals surface area contributed by atoms with Gasteiger partial charge in [-0.05, 0) is 36.8 Å². The summed E-state index contributed by atoms with van der Waals surface area (Å²) in [6, 6.07) is 11.2. The third-order valence-electron chi connectivity index (χ3n) is 3.98. The van der Waals surface area contributed by atoms with Crippen LogP contribution >= 0.6 is 0 Å². The topological polar surface area (TPSA) is 41.6 Å². The van der Waals surface area contributed by atoms with E-state index in [1.54, 1.807) is 24.3 Å². The van der Waals surface area contributed by atoms with Gasteiger partial charge in [0.15, 0.2) is 0 Å². The lowest BCUT2D eigenvalue weighted by Gasteiger charge is -2.34. The van der Waals surface area contributed by atoms with E-state index < -0.39 is 17.8 Å². The van der Waals surface area contributed by atoms with E-state index in [0.29, 0.717) is 24.4 Å². The lowest BCUT2D eigenvalue weighted by atomic mass is 10.1. The zero-order chi connectivity index (χ0) is 18.0. The Hall–Kier alpha value is -2.70. The number of halogens is 3. The maximum Gasteiger partial charge on any atom is 0.416 e. The summed E-state index contributed by atoms with van der Waals surface area (Å²) >= 11 is 0. The summed E-state index contributed by atoms with van der Waals surface area (Å²) in [5.74, 6) is 0.583. The lowest BCUT2D eigenvalue weighted by molar-refractivity contribution is -0.137. The minimum Gasteiger partial charge on any atom is -0.486 e. The Kier molecular flexibility index (Phi) is 4.57. The largest absolute Gasteiger partial charge is 0.486 e. The van der Waals surface area contributed by atoms with Gasteiger partial charge >= 0.3 is 12.2 Å². The number of carbonyl (C=O) groups excluding carboxylic acids is 1. The number of para-hydroxylation sites is 2. The fourth-order valence-electron chi connectivity index (χ4n) is 2.67. The lowest BCUT2D eigenvalue weighted by Crippen LogP contribution is -2.45. The van der Waals surface area contributed by atoms with Crippen molar-refractivity contribution < 1.29 is 22.7 Å². The number of amides is 2. The number of benzene rings is 2. The highest BCUT2D eigenvalue weighted by molar-refractivity contribution is 6.03. The molecule has 1 N–H and O–H groups in total. The van der Waals surface area contributed by atoms with E-state index in [-0.39, 0.29) is 11.8 Å². The van der Waals surface area contributed by atoms with Crippen molar-refractivity contribution in [2.24, 2.45) is 0 Å². The molecule has 0 radical (unpaired) electrons.